The number of hydrogen-bond donors (Lipinski definition) is 1. The molecular formula is C19H23NO2. The summed E-state index contributed by atoms with van der Waals surface area (Å²) in [5, 5.41) is 3.11. The molecule has 2 aromatic rings. The lowest BCUT2D eigenvalue weighted by Gasteiger charge is -2.18. The van der Waals surface area contributed by atoms with Crippen molar-refractivity contribution in [3.8, 4) is 5.75 Å². The van der Waals surface area contributed by atoms with Crippen LogP contribution in [0.2, 0.25) is 0 Å². The lowest BCUT2D eigenvalue weighted by Crippen LogP contribution is -2.28. The van der Waals surface area contributed by atoms with Crippen molar-refractivity contribution < 1.29 is 9.53 Å². The van der Waals surface area contributed by atoms with Crippen LogP contribution in [0.1, 0.15) is 46.4 Å². The van der Waals surface area contributed by atoms with Crippen molar-refractivity contribution >= 4 is 5.91 Å². The van der Waals surface area contributed by atoms with Crippen molar-refractivity contribution in [3.63, 3.8) is 0 Å². The van der Waals surface area contributed by atoms with E-state index < -0.39 is 0 Å². The Labute approximate surface area is 132 Å². The summed E-state index contributed by atoms with van der Waals surface area (Å²) in [6.07, 6.45) is 0.836. The second-order valence-electron chi connectivity index (χ2n) is 5.58. The minimum absolute atomic E-state index is 0.000718. The highest BCUT2D eigenvalue weighted by Gasteiger charge is 2.14. The summed E-state index contributed by atoms with van der Waals surface area (Å²) in [7, 11) is 1.65. The molecule has 1 amide bonds. The number of hydrogen-bond acceptors (Lipinski definition) is 2. The van der Waals surface area contributed by atoms with Gasteiger partial charge in [0.05, 0.1) is 13.2 Å². The largest absolute Gasteiger partial charge is 0.497 e. The molecule has 0 aliphatic heterocycles. The summed E-state index contributed by atoms with van der Waals surface area (Å²) in [5.74, 6) is 0.786. The maximum absolute atomic E-state index is 12.5. The Balaban J connectivity index is 2.16. The van der Waals surface area contributed by atoms with Crippen molar-refractivity contribution in [3.05, 3.63) is 64.7 Å². The van der Waals surface area contributed by atoms with Crippen molar-refractivity contribution in [2.24, 2.45) is 0 Å². The molecule has 2 rings (SSSR count). The van der Waals surface area contributed by atoms with Crippen LogP contribution in [0, 0.1) is 13.8 Å². The van der Waals surface area contributed by atoms with E-state index in [0.717, 1.165) is 28.9 Å². The van der Waals surface area contributed by atoms with E-state index in [1.54, 1.807) is 7.11 Å². The summed E-state index contributed by atoms with van der Waals surface area (Å²) in [5.41, 5.74) is 4.00. The topological polar surface area (TPSA) is 38.3 Å². The Kier molecular flexibility index (Phi) is 5.21. The average molecular weight is 297 g/mol. The zero-order chi connectivity index (χ0) is 16.1. The molecule has 0 aromatic heterocycles. The zero-order valence-corrected chi connectivity index (χ0v) is 13.6. The highest BCUT2D eigenvalue weighted by atomic mass is 16.5. The molecule has 2 aromatic carbocycles. The van der Waals surface area contributed by atoms with Crippen molar-refractivity contribution in [2.45, 2.75) is 33.2 Å². The number of ether oxygens (including phenoxy) is 1. The fourth-order valence-corrected chi connectivity index (χ4v) is 2.60. The smallest absolute Gasteiger partial charge is 0.251 e. The molecule has 0 heterocycles. The maximum atomic E-state index is 12.5. The molecule has 0 saturated heterocycles. The van der Waals surface area contributed by atoms with Gasteiger partial charge in [-0.05, 0) is 50.1 Å². The normalized spacial score (nSPS) is 11.8. The van der Waals surface area contributed by atoms with E-state index in [2.05, 4.69) is 18.3 Å². The van der Waals surface area contributed by atoms with E-state index in [1.807, 2.05) is 50.2 Å². The summed E-state index contributed by atoms with van der Waals surface area (Å²) in [4.78, 5) is 12.5. The second-order valence-corrected chi connectivity index (χ2v) is 5.58. The molecule has 116 valence electrons. The molecule has 1 N–H and O–H groups in total. The van der Waals surface area contributed by atoms with Crippen LogP contribution in [-0.2, 0) is 0 Å². The number of carbonyl (C=O) groups is 1. The van der Waals surface area contributed by atoms with Crippen LogP contribution < -0.4 is 10.1 Å². The van der Waals surface area contributed by atoms with Crippen LogP contribution >= 0.6 is 0 Å². The van der Waals surface area contributed by atoms with Gasteiger partial charge in [0.25, 0.3) is 5.91 Å². The van der Waals surface area contributed by atoms with E-state index >= 15 is 0 Å². The van der Waals surface area contributed by atoms with Gasteiger partial charge in [-0.3, -0.25) is 4.79 Å². The Morgan fingerprint density at radius 2 is 1.68 bits per heavy atom. The van der Waals surface area contributed by atoms with E-state index in [-0.39, 0.29) is 11.9 Å². The van der Waals surface area contributed by atoms with Crippen molar-refractivity contribution in [1.29, 1.82) is 0 Å². The molecule has 0 aliphatic carbocycles. The monoisotopic (exact) mass is 297 g/mol. The highest BCUT2D eigenvalue weighted by molar-refractivity contribution is 5.94. The van der Waals surface area contributed by atoms with E-state index in [1.165, 1.54) is 0 Å². The minimum Gasteiger partial charge on any atom is -0.497 e. The van der Waals surface area contributed by atoms with E-state index in [4.69, 9.17) is 4.74 Å². The van der Waals surface area contributed by atoms with Gasteiger partial charge in [-0.15, -0.1) is 0 Å². The summed E-state index contributed by atoms with van der Waals surface area (Å²) >= 11 is 0. The predicted molar refractivity (Wildman–Crippen MR) is 89.4 cm³/mol. The van der Waals surface area contributed by atoms with E-state index in [9.17, 15) is 4.79 Å². The van der Waals surface area contributed by atoms with Crippen LogP contribution in [0.15, 0.2) is 42.5 Å². The molecule has 0 bridgehead atoms. The number of methoxy groups -OCH3 is 1. The molecule has 3 nitrogen and oxygen atoms in total. The highest BCUT2D eigenvalue weighted by Crippen LogP contribution is 2.21. The molecule has 1 atom stereocenters. The van der Waals surface area contributed by atoms with Crippen LogP contribution in [0.3, 0.4) is 0 Å². The molecular weight excluding hydrogens is 274 g/mol. The maximum Gasteiger partial charge on any atom is 0.251 e. The third kappa shape index (κ3) is 3.88. The number of rotatable bonds is 5. The fourth-order valence-electron chi connectivity index (χ4n) is 2.60. The van der Waals surface area contributed by atoms with Crippen molar-refractivity contribution in [2.75, 3.05) is 7.11 Å². The lowest BCUT2D eigenvalue weighted by molar-refractivity contribution is 0.0935. The first-order valence-electron chi connectivity index (χ1n) is 7.56. The van der Waals surface area contributed by atoms with Gasteiger partial charge < -0.3 is 10.1 Å². The third-order valence-corrected chi connectivity index (χ3v) is 3.72. The molecule has 0 aliphatic rings. The van der Waals surface area contributed by atoms with Gasteiger partial charge in [0, 0.05) is 5.56 Å². The quantitative estimate of drug-likeness (QED) is 0.898. The third-order valence-electron chi connectivity index (χ3n) is 3.72. The van der Waals surface area contributed by atoms with Crippen molar-refractivity contribution in [1.82, 2.24) is 5.32 Å². The Bertz CT molecular complexity index is 627. The van der Waals surface area contributed by atoms with Gasteiger partial charge in [-0.25, -0.2) is 0 Å². The van der Waals surface area contributed by atoms with Crippen LogP contribution in [0.4, 0.5) is 0 Å². The SMILES string of the molecule is CC[C@@H](NC(=O)c1cc(C)cc(C)c1)c1ccc(OC)cc1. The second kappa shape index (κ2) is 7.12. The Morgan fingerprint density at radius 1 is 1.09 bits per heavy atom. The molecule has 0 spiro atoms. The Hall–Kier alpha value is -2.29. The fraction of sp³-hybridized carbons (Fsp3) is 0.316. The molecule has 0 unspecified atom stereocenters. The molecule has 0 fully saturated rings. The van der Waals surface area contributed by atoms with Gasteiger partial charge in [-0.2, -0.15) is 0 Å². The van der Waals surface area contributed by atoms with Gasteiger partial charge >= 0.3 is 0 Å². The molecule has 3 heteroatoms. The average Bonchev–Trinajstić information content (AvgIpc) is 2.51. The van der Waals surface area contributed by atoms with Crippen LogP contribution in [0.25, 0.3) is 0 Å². The lowest BCUT2D eigenvalue weighted by atomic mass is 10.0. The number of amides is 1. The van der Waals surface area contributed by atoms with Crippen LogP contribution in [-0.4, -0.2) is 13.0 Å². The van der Waals surface area contributed by atoms with Gasteiger partial charge in [-0.1, -0.05) is 36.2 Å². The minimum atomic E-state index is -0.0329. The van der Waals surface area contributed by atoms with Gasteiger partial charge in [0.1, 0.15) is 5.75 Å². The number of benzene rings is 2. The first-order chi connectivity index (χ1) is 10.5. The number of nitrogens with one attached hydrogen (secondary N) is 1. The molecule has 0 radical (unpaired) electrons. The standard InChI is InChI=1S/C19H23NO2/c1-5-18(15-6-8-17(22-4)9-7-15)20-19(21)16-11-13(2)10-14(3)12-16/h6-12,18H,5H2,1-4H3,(H,20,21)/t18-/m1/s1. The first kappa shape index (κ1) is 16.1. The molecule has 0 saturated carbocycles. The first-order valence-corrected chi connectivity index (χ1v) is 7.56. The number of aryl methyl sites for hydroxylation is 2. The predicted octanol–water partition coefficient (Wildman–Crippen LogP) is 4.19. The summed E-state index contributed by atoms with van der Waals surface area (Å²) in [6, 6.07) is 13.7. The van der Waals surface area contributed by atoms with Gasteiger partial charge in [0.15, 0.2) is 0 Å². The summed E-state index contributed by atoms with van der Waals surface area (Å²) in [6.45, 7) is 6.08. The zero-order valence-electron chi connectivity index (χ0n) is 13.6. The van der Waals surface area contributed by atoms with Gasteiger partial charge in [0.2, 0.25) is 0 Å². The van der Waals surface area contributed by atoms with E-state index in [0.29, 0.717) is 5.56 Å². The number of carbonyl (C=O) groups excluding carboxylic acids is 1. The molecule has 22 heavy (non-hydrogen) atoms. The van der Waals surface area contributed by atoms with Crippen LogP contribution in [0.5, 0.6) is 5.75 Å². The Morgan fingerprint density at radius 3 is 2.18 bits per heavy atom. The summed E-state index contributed by atoms with van der Waals surface area (Å²) < 4.78 is 5.17.